The van der Waals surface area contributed by atoms with Crippen molar-refractivity contribution >= 4 is 29.5 Å². The molecule has 1 aromatic rings. The molecule has 6 saturated carbocycles. The van der Waals surface area contributed by atoms with Crippen molar-refractivity contribution in [2.45, 2.75) is 207 Å². The van der Waals surface area contributed by atoms with Gasteiger partial charge in [-0.15, -0.1) is 5.92 Å². The number of carboxylic acid groups (broad SMARTS) is 1. The van der Waals surface area contributed by atoms with Gasteiger partial charge in [0.15, 0.2) is 12.6 Å². The van der Waals surface area contributed by atoms with Crippen LogP contribution in [0.15, 0.2) is 47.1 Å². The van der Waals surface area contributed by atoms with Gasteiger partial charge in [0.2, 0.25) is 0 Å². The highest BCUT2D eigenvalue weighted by Crippen LogP contribution is 2.70. The summed E-state index contributed by atoms with van der Waals surface area (Å²) in [4.78, 5) is 52.0. The molecule has 78 heavy (non-hydrogen) atoms. The van der Waals surface area contributed by atoms with Gasteiger partial charge < -0.3 is 44.5 Å². The van der Waals surface area contributed by atoms with E-state index in [0.717, 1.165) is 82.9 Å². The molecule has 0 bridgehead atoms. The predicted octanol–water partition coefficient (Wildman–Crippen LogP) is 11.3. The minimum atomic E-state index is -1.01. The van der Waals surface area contributed by atoms with Gasteiger partial charge in [0, 0.05) is 50.0 Å². The normalized spacial score (nSPS) is 37.6. The quantitative estimate of drug-likeness (QED) is 0.0502. The maximum atomic E-state index is 13.0. The van der Waals surface area contributed by atoms with Gasteiger partial charge >= 0.3 is 18.0 Å². The molecule has 13 heteroatoms. The van der Waals surface area contributed by atoms with E-state index in [1.165, 1.54) is 22.3 Å². The fourth-order valence-electron chi connectivity index (χ4n) is 18.1. The minimum Gasteiger partial charge on any atom is -0.481 e. The summed E-state index contributed by atoms with van der Waals surface area (Å²) < 4.78 is 24.6. The number of hydrogen-bond acceptors (Lipinski definition) is 11. The number of carbonyl (C=O) groups excluding carboxylic acids is 3. The Morgan fingerprint density at radius 3 is 2.40 bits per heavy atom. The lowest BCUT2D eigenvalue weighted by atomic mass is 9.43. The monoisotopic (exact) mass is 1080 g/mol. The Hall–Kier alpha value is -4.22. The van der Waals surface area contributed by atoms with Crippen LogP contribution in [0.5, 0.6) is 0 Å². The number of fused-ring (bicyclic) bond motifs is 9. The van der Waals surface area contributed by atoms with Gasteiger partial charge in [-0.2, -0.15) is 0 Å². The van der Waals surface area contributed by atoms with Gasteiger partial charge in [0.25, 0.3) is 0 Å². The molecule has 1 aromatic carbocycles. The Kier molecular flexibility index (Phi) is 17.2. The number of amides is 1. The number of hydrogen-bond donors (Lipinski definition) is 4. The number of aliphatic carboxylic acids is 1. The van der Waals surface area contributed by atoms with Gasteiger partial charge in [-0.05, 0) is 217 Å². The van der Waals surface area contributed by atoms with E-state index in [0.29, 0.717) is 50.5 Å². The van der Waals surface area contributed by atoms with Gasteiger partial charge in [-0.3, -0.25) is 14.4 Å². The van der Waals surface area contributed by atoms with Crippen LogP contribution in [-0.2, 0) is 33.3 Å². The van der Waals surface area contributed by atoms with Crippen molar-refractivity contribution in [1.82, 2.24) is 5.32 Å². The molecule has 9 rings (SSSR count). The van der Waals surface area contributed by atoms with E-state index in [9.17, 15) is 34.5 Å². The average molecular weight is 1080 g/mol. The Labute approximate surface area is 465 Å². The molecule has 0 radical (unpaired) electrons. The standard InChI is InChI=1S/C65H94N2O11/c1-11-26-65(74)28-25-51-48-20-16-42-33-45(68)19-21-47(42)57(48)49(37-63(51,65)8)41-14-17-44(18-15-41)67(10)30-31-75-46-24-27-62(7)43(34-46)35-54(76-38-77-56(70)13-12-29-66-60(73)78-61(4,5)6)58-52-23-22-50(39(2)32-40(3)59(71)72)64(52,9)55(69)36-53(58)62/h14-15,17-18,33,39-40,43,46,48-55,58,69,74H,12-13,16,19-25,27-32,34-38H2,1-10H3,(H,66,73)(H,71,72)/t39-,40?,43+,46+,48+,49-,50-,51+,52+,53+,54-,55+,58+,62+,63+,64-,65-/m1/s1. The van der Waals surface area contributed by atoms with Crippen LogP contribution < -0.4 is 10.2 Å². The van der Waals surface area contributed by atoms with E-state index < -0.39 is 40.7 Å². The second-order valence-electron chi connectivity index (χ2n) is 27.4. The highest BCUT2D eigenvalue weighted by Gasteiger charge is 2.67. The zero-order valence-corrected chi connectivity index (χ0v) is 48.8. The first-order valence-electron chi connectivity index (χ1n) is 30.1. The van der Waals surface area contributed by atoms with Crippen LogP contribution in [0, 0.1) is 81.3 Å². The van der Waals surface area contributed by atoms with Crippen molar-refractivity contribution in [1.29, 1.82) is 0 Å². The third-order valence-electron chi connectivity index (χ3n) is 22.1. The SMILES string of the molecule is CC#C[C@@]1(O)CC[C@H]2[C@@H]3CCC4=CC(=O)CCC4=C3[C@@H](c3ccc(N(C)CCO[C@H]4CC[C@@]5(C)[C@@H](C4)C[C@@H](OCOC(=O)CCCNC(=O)OC(C)(C)C)[C@@H]4[C@@H]5C[C@H](O)[C@]5(C)[C@@H]([C@H](C)CC(C)C(=O)O)CC[C@@H]45)cc3)C[C@@]21C. The van der Waals surface area contributed by atoms with Crippen LogP contribution in [0.25, 0.3) is 0 Å². The topological polar surface area (TPSA) is 181 Å². The summed E-state index contributed by atoms with van der Waals surface area (Å²) in [5.41, 5.74) is 4.15. The number of benzene rings is 1. The number of aliphatic hydroxyl groups is 2. The van der Waals surface area contributed by atoms with E-state index in [-0.39, 0.29) is 96.0 Å². The Bertz CT molecular complexity index is 2520. The number of esters is 1. The van der Waals surface area contributed by atoms with Crippen LogP contribution in [-0.4, -0.2) is 102 Å². The third-order valence-corrected chi connectivity index (χ3v) is 22.1. The van der Waals surface area contributed by atoms with E-state index >= 15 is 0 Å². The van der Waals surface area contributed by atoms with Crippen LogP contribution in [0.3, 0.4) is 0 Å². The molecule has 430 valence electrons. The summed E-state index contributed by atoms with van der Waals surface area (Å²) in [6.07, 6.45) is 13.9. The number of ketones is 1. The fraction of sp³-hybridized carbons (Fsp3) is 0.754. The van der Waals surface area contributed by atoms with Crippen molar-refractivity contribution < 1.29 is 53.4 Å². The Morgan fingerprint density at radius 1 is 0.923 bits per heavy atom. The number of carboxylic acids is 1. The molecular weight excluding hydrogens is 985 g/mol. The smallest absolute Gasteiger partial charge is 0.407 e. The van der Waals surface area contributed by atoms with E-state index in [1.807, 2.05) is 13.0 Å². The lowest BCUT2D eigenvalue weighted by molar-refractivity contribution is -0.232. The van der Waals surface area contributed by atoms with Crippen molar-refractivity contribution in [3.05, 3.63) is 52.6 Å². The Balaban J connectivity index is 0.855. The zero-order valence-electron chi connectivity index (χ0n) is 48.8. The van der Waals surface area contributed by atoms with Crippen molar-refractivity contribution in [2.75, 3.05) is 38.4 Å². The summed E-state index contributed by atoms with van der Waals surface area (Å²) in [6.45, 7) is 19.6. The Morgan fingerprint density at radius 2 is 1.68 bits per heavy atom. The van der Waals surface area contributed by atoms with Crippen LogP contribution in [0.1, 0.15) is 183 Å². The second kappa shape index (κ2) is 23.0. The summed E-state index contributed by atoms with van der Waals surface area (Å²) in [5.74, 6) is 6.98. The molecule has 0 aliphatic heterocycles. The number of nitrogens with one attached hydrogen (secondary N) is 1. The van der Waals surface area contributed by atoms with Crippen molar-refractivity contribution in [3.63, 3.8) is 0 Å². The molecule has 0 saturated heterocycles. The molecule has 13 nitrogen and oxygen atoms in total. The number of carbonyl (C=O) groups is 4. The fourth-order valence-corrected chi connectivity index (χ4v) is 18.1. The molecule has 0 aromatic heterocycles. The molecule has 8 aliphatic carbocycles. The lowest BCUT2D eigenvalue weighted by Gasteiger charge is -2.64. The lowest BCUT2D eigenvalue weighted by Crippen LogP contribution is -2.63. The highest BCUT2D eigenvalue weighted by molar-refractivity contribution is 5.93. The summed E-state index contributed by atoms with van der Waals surface area (Å²) in [7, 11) is 2.13. The van der Waals surface area contributed by atoms with E-state index in [2.05, 4.69) is 81.1 Å². The number of rotatable bonds is 17. The average Bonchev–Trinajstić information content (AvgIpc) is 4.02. The van der Waals surface area contributed by atoms with Crippen molar-refractivity contribution in [2.24, 2.45) is 69.5 Å². The minimum absolute atomic E-state index is 0.0399. The summed E-state index contributed by atoms with van der Waals surface area (Å²) in [6, 6.07) is 9.05. The molecule has 0 spiro atoms. The molecule has 8 aliphatic rings. The third kappa shape index (κ3) is 11.3. The summed E-state index contributed by atoms with van der Waals surface area (Å²) in [5, 5.41) is 37.1. The number of allylic oxidation sites excluding steroid dienone is 4. The molecule has 1 amide bonds. The summed E-state index contributed by atoms with van der Waals surface area (Å²) >= 11 is 0. The predicted molar refractivity (Wildman–Crippen MR) is 300 cm³/mol. The number of likely N-dealkylation sites (N-methyl/N-ethyl adjacent to an activating group) is 1. The first-order chi connectivity index (χ1) is 36.9. The molecule has 17 atom stereocenters. The van der Waals surface area contributed by atoms with Crippen molar-refractivity contribution in [3.8, 4) is 11.8 Å². The van der Waals surface area contributed by atoms with Gasteiger partial charge in [0.1, 0.15) is 11.2 Å². The number of anilines is 1. The second-order valence-corrected chi connectivity index (χ2v) is 27.4. The first-order valence-corrected chi connectivity index (χ1v) is 30.1. The molecule has 6 fully saturated rings. The number of ether oxygens (including phenoxy) is 4. The molecular formula is C65H94N2O11. The largest absolute Gasteiger partial charge is 0.481 e. The highest BCUT2D eigenvalue weighted by atomic mass is 16.7. The first kappa shape index (κ1) is 58.4. The maximum Gasteiger partial charge on any atom is 0.407 e. The van der Waals surface area contributed by atoms with Crippen LogP contribution in [0.4, 0.5) is 10.5 Å². The van der Waals surface area contributed by atoms with E-state index in [4.69, 9.17) is 18.9 Å². The van der Waals surface area contributed by atoms with Crippen LogP contribution >= 0.6 is 0 Å². The molecule has 4 N–H and O–H groups in total. The van der Waals surface area contributed by atoms with Gasteiger partial charge in [-0.25, -0.2) is 4.79 Å². The maximum absolute atomic E-state index is 13.0. The molecule has 1 unspecified atom stereocenters. The van der Waals surface area contributed by atoms with E-state index in [1.54, 1.807) is 27.7 Å². The van der Waals surface area contributed by atoms with Crippen LogP contribution in [0.2, 0.25) is 0 Å². The number of alkyl carbamates (subject to hydrolysis) is 1. The molecule has 0 heterocycles. The number of aliphatic hydroxyl groups excluding tert-OH is 1. The zero-order chi connectivity index (χ0) is 56.1. The number of nitrogens with zero attached hydrogens (tertiary/aromatic N) is 1. The van der Waals surface area contributed by atoms with Gasteiger partial charge in [0.05, 0.1) is 30.8 Å². The van der Waals surface area contributed by atoms with Gasteiger partial charge in [-0.1, -0.05) is 58.2 Å².